The quantitative estimate of drug-likeness (QED) is 0.0212. The number of aliphatic hydroxyl groups excluding tert-OH is 7. The minimum absolute atomic E-state index is 0.241. The Bertz CT molecular complexity index is 990. The highest BCUT2D eigenvalue weighted by Gasteiger charge is 2.51. The van der Waals surface area contributed by atoms with Gasteiger partial charge in [0.05, 0.1) is 31.3 Å². The molecule has 0 bridgehead atoms. The maximum Gasteiger partial charge on any atom is 0.472 e. The Balaban J connectivity index is 2.62. The molecule has 9 N–H and O–H groups in total. The van der Waals surface area contributed by atoms with Crippen molar-refractivity contribution in [2.45, 2.75) is 229 Å². The predicted molar refractivity (Wildman–Crippen MR) is 211 cm³/mol. The largest absolute Gasteiger partial charge is 0.472 e. The molecule has 0 saturated heterocycles. The second-order valence-electron chi connectivity index (χ2n) is 15.4. The summed E-state index contributed by atoms with van der Waals surface area (Å²) < 4.78 is 22.8. The van der Waals surface area contributed by atoms with E-state index >= 15 is 0 Å². The maximum atomic E-state index is 12.9. The minimum Gasteiger partial charge on any atom is -0.393 e. The number of rotatable bonds is 34. The first-order valence-electron chi connectivity index (χ1n) is 21.2. The Labute approximate surface area is 325 Å². The lowest BCUT2D eigenvalue weighted by molar-refractivity contribution is -0.220. The summed E-state index contributed by atoms with van der Waals surface area (Å²) in [6.45, 7) is 3.70. The van der Waals surface area contributed by atoms with Crippen LogP contribution < -0.4 is 5.32 Å². The van der Waals surface area contributed by atoms with Crippen molar-refractivity contribution in [3.05, 3.63) is 12.2 Å². The van der Waals surface area contributed by atoms with Crippen LogP contribution in [0, 0.1) is 0 Å². The fraction of sp³-hybridized carbons (Fsp3) is 0.925. The number of unbranched alkanes of at least 4 members (excludes halogenated alkanes) is 21. The zero-order valence-corrected chi connectivity index (χ0v) is 34.3. The normalized spacial score (nSPS) is 24.7. The van der Waals surface area contributed by atoms with Crippen molar-refractivity contribution in [2.24, 2.45) is 0 Å². The molecule has 0 heterocycles. The molecule has 0 spiro atoms. The molecule has 1 rings (SSSR count). The van der Waals surface area contributed by atoms with Gasteiger partial charge in [-0.1, -0.05) is 161 Å². The standard InChI is InChI=1S/C40H78NO12P/c1-3-5-7-9-11-13-15-17-19-21-23-25-27-31(42)29-34(44)41-32(33(43)28-26-24-22-20-18-16-14-12-10-8-6-4-2)30-52-54(50,51)53-40-38(48)36(46)35(45)37(47)39(40)49/h26,28,31-33,35-40,42-43,45-49H,3-25,27,29-30H2,1-2H3,(H,41,44)(H,50,51)/b28-26+. The smallest absolute Gasteiger partial charge is 0.393 e. The van der Waals surface area contributed by atoms with Crippen LogP contribution >= 0.6 is 7.82 Å². The summed E-state index contributed by atoms with van der Waals surface area (Å²) in [4.78, 5) is 23.3. The summed E-state index contributed by atoms with van der Waals surface area (Å²) in [7, 11) is -5.13. The summed E-state index contributed by atoms with van der Waals surface area (Å²) in [6.07, 6.45) is 16.0. The number of phosphoric acid groups is 1. The van der Waals surface area contributed by atoms with Crippen LogP contribution in [0.2, 0.25) is 0 Å². The van der Waals surface area contributed by atoms with Crippen LogP contribution in [0.4, 0.5) is 0 Å². The summed E-state index contributed by atoms with van der Waals surface area (Å²) in [5.74, 6) is -0.593. The van der Waals surface area contributed by atoms with Gasteiger partial charge in [0.2, 0.25) is 5.91 Å². The van der Waals surface area contributed by atoms with E-state index in [1.165, 1.54) is 102 Å². The van der Waals surface area contributed by atoms with Gasteiger partial charge in [-0.2, -0.15) is 0 Å². The topological polar surface area (TPSA) is 226 Å². The van der Waals surface area contributed by atoms with E-state index in [2.05, 4.69) is 19.2 Å². The Kier molecular flexibility index (Phi) is 29.4. The van der Waals surface area contributed by atoms with Crippen molar-refractivity contribution < 1.29 is 59.0 Å². The predicted octanol–water partition coefficient (Wildman–Crippen LogP) is 5.86. The zero-order chi connectivity index (χ0) is 40.2. The number of phosphoric ester groups is 1. The molecule has 14 heteroatoms. The fourth-order valence-corrected chi connectivity index (χ4v) is 7.79. The summed E-state index contributed by atoms with van der Waals surface area (Å²) in [6, 6.07) is -1.23. The molecule has 1 fully saturated rings. The van der Waals surface area contributed by atoms with Crippen molar-refractivity contribution in [2.75, 3.05) is 6.61 Å². The van der Waals surface area contributed by atoms with E-state index in [-0.39, 0.29) is 6.42 Å². The first-order valence-corrected chi connectivity index (χ1v) is 22.7. The van der Waals surface area contributed by atoms with E-state index in [1.54, 1.807) is 6.08 Å². The van der Waals surface area contributed by atoms with E-state index in [0.717, 1.165) is 44.9 Å². The summed E-state index contributed by atoms with van der Waals surface area (Å²) >= 11 is 0. The number of hydrogen-bond donors (Lipinski definition) is 9. The molecule has 0 aromatic heterocycles. The lowest BCUT2D eigenvalue weighted by Gasteiger charge is -2.41. The summed E-state index contributed by atoms with van der Waals surface area (Å²) in [5.41, 5.74) is 0. The van der Waals surface area contributed by atoms with Crippen LogP contribution in [0.15, 0.2) is 12.2 Å². The minimum atomic E-state index is -5.13. The van der Waals surface area contributed by atoms with Gasteiger partial charge in [0.25, 0.3) is 0 Å². The van der Waals surface area contributed by atoms with Gasteiger partial charge in [-0.3, -0.25) is 13.8 Å². The molecular weight excluding hydrogens is 717 g/mol. The maximum absolute atomic E-state index is 12.9. The van der Waals surface area contributed by atoms with Gasteiger partial charge >= 0.3 is 7.82 Å². The van der Waals surface area contributed by atoms with Gasteiger partial charge in [-0.25, -0.2) is 4.57 Å². The average molecular weight is 796 g/mol. The lowest BCUT2D eigenvalue weighted by atomic mass is 9.85. The van der Waals surface area contributed by atoms with Crippen molar-refractivity contribution in [1.29, 1.82) is 0 Å². The number of nitrogens with one attached hydrogen (secondary N) is 1. The van der Waals surface area contributed by atoms with Gasteiger partial charge in [-0.05, 0) is 19.3 Å². The number of carbonyl (C=O) groups excluding carboxylic acids is 1. The summed E-state index contributed by atoms with van der Waals surface area (Å²) in [5, 5.41) is 74.2. The van der Waals surface area contributed by atoms with Gasteiger partial charge in [-0.15, -0.1) is 0 Å². The van der Waals surface area contributed by atoms with E-state index in [1.807, 2.05) is 0 Å². The van der Waals surface area contributed by atoms with Crippen LogP contribution in [-0.2, 0) is 18.4 Å². The number of hydrogen-bond acceptors (Lipinski definition) is 11. The third-order valence-electron chi connectivity index (χ3n) is 10.4. The Morgan fingerprint density at radius 2 is 1.06 bits per heavy atom. The van der Waals surface area contributed by atoms with E-state index in [0.29, 0.717) is 12.8 Å². The second kappa shape index (κ2) is 31.1. The Morgan fingerprint density at radius 3 is 1.52 bits per heavy atom. The Hall–Kier alpha value is -0.960. The first kappa shape index (κ1) is 51.1. The zero-order valence-electron chi connectivity index (χ0n) is 33.4. The number of amides is 1. The lowest BCUT2D eigenvalue weighted by Crippen LogP contribution is -2.64. The monoisotopic (exact) mass is 796 g/mol. The van der Waals surface area contributed by atoms with E-state index in [4.69, 9.17) is 9.05 Å². The van der Waals surface area contributed by atoms with Gasteiger partial charge in [0.15, 0.2) is 0 Å². The van der Waals surface area contributed by atoms with Gasteiger partial charge in [0.1, 0.15) is 36.6 Å². The molecule has 8 unspecified atom stereocenters. The van der Waals surface area contributed by atoms with Gasteiger partial charge < -0.3 is 46.0 Å². The highest BCUT2D eigenvalue weighted by molar-refractivity contribution is 7.47. The molecule has 0 aromatic rings. The van der Waals surface area contributed by atoms with Crippen molar-refractivity contribution >= 4 is 13.7 Å². The molecule has 13 nitrogen and oxygen atoms in total. The number of carbonyl (C=O) groups is 1. The Morgan fingerprint density at radius 1 is 0.648 bits per heavy atom. The molecule has 0 radical (unpaired) electrons. The molecular formula is C40H78NO12P. The van der Waals surface area contributed by atoms with Crippen LogP contribution in [0.5, 0.6) is 0 Å². The molecule has 8 atom stereocenters. The number of aliphatic hydroxyl groups is 7. The van der Waals surface area contributed by atoms with Crippen molar-refractivity contribution in [3.8, 4) is 0 Å². The van der Waals surface area contributed by atoms with Crippen LogP contribution in [0.25, 0.3) is 0 Å². The van der Waals surface area contributed by atoms with Crippen LogP contribution in [0.3, 0.4) is 0 Å². The highest BCUT2D eigenvalue weighted by atomic mass is 31.2. The third-order valence-corrected chi connectivity index (χ3v) is 11.4. The third kappa shape index (κ3) is 23.3. The highest BCUT2D eigenvalue weighted by Crippen LogP contribution is 2.47. The molecule has 1 aliphatic rings. The van der Waals surface area contributed by atoms with Crippen LogP contribution in [0.1, 0.15) is 174 Å². The molecule has 1 aliphatic carbocycles. The van der Waals surface area contributed by atoms with E-state index in [9.17, 15) is 50.0 Å². The molecule has 320 valence electrons. The molecule has 1 saturated carbocycles. The second-order valence-corrected chi connectivity index (χ2v) is 16.8. The SMILES string of the molecule is CCCCCCCCCCCC/C=C/C(O)C(COP(=O)(O)OC1C(O)C(O)C(O)C(O)C1O)NC(=O)CC(O)CCCCCCCCCCCCCC. The van der Waals surface area contributed by atoms with Crippen molar-refractivity contribution in [3.63, 3.8) is 0 Å². The fourth-order valence-electron chi connectivity index (χ4n) is 6.83. The van der Waals surface area contributed by atoms with E-state index < -0.39 is 75.2 Å². The first-order chi connectivity index (χ1) is 25.8. The molecule has 54 heavy (non-hydrogen) atoms. The molecule has 0 aliphatic heterocycles. The van der Waals surface area contributed by atoms with Crippen molar-refractivity contribution in [1.82, 2.24) is 5.32 Å². The van der Waals surface area contributed by atoms with Gasteiger partial charge in [0, 0.05) is 0 Å². The average Bonchev–Trinajstić information content (AvgIpc) is 3.14. The molecule has 1 amide bonds. The number of allylic oxidation sites excluding steroid dienone is 1. The molecule has 0 aromatic carbocycles. The van der Waals surface area contributed by atoms with Crippen LogP contribution in [-0.4, -0.2) is 108 Å².